The number of aryl methyl sites for hydroxylation is 1. The fourth-order valence-electron chi connectivity index (χ4n) is 3.79. The average Bonchev–Trinajstić information content (AvgIpc) is 3.33. The largest absolute Gasteiger partial charge is 0.497 e. The lowest BCUT2D eigenvalue weighted by atomic mass is 10.0. The van der Waals surface area contributed by atoms with Crippen LogP contribution < -0.4 is 4.74 Å². The fraction of sp³-hybridized carbons (Fsp3) is 0.333. The fourth-order valence-corrected chi connectivity index (χ4v) is 3.79. The molecule has 1 atom stereocenters. The summed E-state index contributed by atoms with van der Waals surface area (Å²) in [6, 6.07) is 16.3. The number of methoxy groups -OCH3 is 1. The molecular formula is C21H23N3O2. The van der Waals surface area contributed by atoms with E-state index in [4.69, 9.17) is 4.74 Å². The summed E-state index contributed by atoms with van der Waals surface area (Å²) in [7, 11) is 1.67. The Kier molecular flexibility index (Phi) is 4.61. The van der Waals surface area contributed by atoms with Gasteiger partial charge in [-0.3, -0.25) is 4.79 Å². The predicted molar refractivity (Wildman–Crippen MR) is 101 cm³/mol. The van der Waals surface area contributed by atoms with Crippen LogP contribution in [0.4, 0.5) is 0 Å². The van der Waals surface area contributed by atoms with E-state index < -0.39 is 0 Å². The summed E-state index contributed by atoms with van der Waals surface area (Å²) in [4.78, 5) is 19.3. The van der Waals surface area contributed by atoms with Crippen LogP contribution in [0.2, 0.25) is 0 Å². The van der Waals surface area contributed by atoms with Crippen LogP contribution in [-0.2, 0) is 11.3 Å². The van der Waals surface area contributed by atoms with E-state index in [1.165, 1.54) is 5.56 Å². The Bertz CT molecular complexity index is 901. The molecule has 5 heteroatoms. The first-order valence-electron chi connectivity index (χ1n) is 9.09. The molecule has 3 aromatic rings. The number of ether oxygens (including phenoxy) is 1. The van der Waals surface area contributed by atoms with E-state index in [2.05, 4.69) is 21.7 Å². The number of para-hydroxylation sites is 2. The van der Waals surface area contributed by atoms with Crippen LogP contribution in [0.1, 0.15) is 30.9 Å². The Balaban J connectivity index is 1.44. The average molecular weight is 349 g/mol. The van der Waals surface area contributed by atoms with E-state index >= 15 is 0 Å². The van der Waals surface area contributed by atoms with Crippen molar-refractivity contribution >= 4 is 16.9 Å². The summed E-state index contributed by atoms with van der Waals surface area (Å²) in [5.74, 6) is 1.05. The first-order valence-corrected chi connectivity index (χ1v) is 9.09. The molecule has 1 saturated heterocycles. The van der Waals surface area contributed by atoms with Crippen molar-refractivity contribution in [3.05, 3.63) is 60.4 Å². The van der Waals surface area contributed by atoms with Crippen LogP contribution in [0.25, 0.3) is 11.0 Å². The number of carbonyl (C=O) groups excluding carboxylic acids is 1. The summed E-state index contributed by atoms with van der Waals surface area (Å²) < 4.78 is 7.29. The lowest BCUT2D eigenvalue weighted by Gasteiger charge is -2.25. The lowest BCUT2D eigenvalue weighted by molar-refractivity contribution is -0.132. The van der Waals surface area contributed by atoms with Gasteiger partial charge in [0, 0.05) is 19.5 Å². The van der Waals surface area contributed by atoms with Gasteiger partial charge in [-0.25, -0.2) is 4.98 Å². The zero-order valence-corrected chi connectivity index (χ0v) is 15.0. The van der Waals surface area contributed by atoms with Crippen LogP contribution in [-0.4, -0.2) is 34.0 Å². The minimum atomic E-state index is 0.174. The molecule has 0 N–H and O–H groups in total. The highest BCUT2D eigenvalue weighted by atomic mass is 16.5. The molecule has 1 unspecified atom stereocenters. The van der Waals surface area contributed by atoms with Gasteiger partial charge in [-0.15, -0.1) is 0 Å². The SMILES string of the molecule is COc1ccc(C2CCCN2C(=O)CCn2cnc3ccccc32)cc1. The summed E-state index contributed by atoms with van der Waals surface area (Å²) >= 11 is 0. The van der Waals surface area contributed by atoms with E-state index in [9.17, 15) is 4.79 Å². The van der Waals surface area contributed by atoms with Crippen molar-refractivity contribution < 1.29 is 9.53 Å². The van der Waals surface area contributed by atoms with Gasteiger partial charge < -0.3 is 14.2 Å². The van der Waals surface area contributed by atoms with Gasteiger partial charge in [-0.1, -0.05) is 24.3 Å². The zero-order chi connectivity index (χ0) is 17.9. The number of rotatable bonds is 5. The zero-order valence-electron chi connectivity index (χ0n) is 15.0. The molecule has 5 nitrogen and oxygen atoms in total. The highest BCUT2D eigenvalue weighted by Gasteiger charge is 2.29. The predicted octanol–water partition coefficient (Wildman–Crippen LogP) is 3.80. The number of benzene rings is 2. The van der Waals surface area contributed by atoms with Gasteiger partial charge in [0.2, 0.25) is 5.91 Å². The van der Waals surface area contributed by atoms with Crippen molar-refractivity contribution in [1.29, 1.82) is 0 Å². The van der Waals surface area contributed by atoms with Crippen molar-refractivity contribution in [2.75, 3.05) is 13.7 Å². The smallest absolute Gasteiger partial charge is 0.224 e. The molecule has 1 aromatic heterocycles. The molecule has 4 rings (SSSR count). The number of imidazole rings is 1. The van der Waals surface area contributed by atoms with E-state index in [0.717, 1.165) is 36.2 Å². The maximum atomic E-state index is 12.9. The van der Waals surface area contributed by atoms with Gasteiger partial charge in [-0.2, -0.15) is 0 Å². The highest BCUT2D eigenvalue weighted by molar-refractivity contribution is 5.78. The Hall–Kier alpha value is -2.82. The molecule has 2 aromatic carbocycles. The number of nitrogens with zero attached hydrogens (tertiary/aromatic N) is 3. The second kappa shape index (κ2) is 7.20. The monoisotopic (exact) mass is 349 g/mol. The third kappa shape index (κ3) is 3.17. The van der Waals surface area contributed by atoms with E-state index in [1.54, 1.807) is 7.11 Å². The Morgan fingerprint density at radius 2 is 2.00 bits per heavy atom. The van der Waals surface area contributed by atoms with Crippen LogP contribution in [0.5, 0.6) is 5.75 Å². The van der Waals surface area contributed by atoms with Crippen LogP contribution in [0.3, 0.4) is 0 Å². The van der Waals surface area contributed by atoms with Crippen molar-refractivity contribution in [1.82, 2.24) is 14.5 Å². The summed E-state index contributed by atoms with van der Waals surface area (Å²) in [5, 5.41) is 0. The molecule has 1 aliphatic heterocycles. The van der Waals surface area contributed by atoms with Crippen LogP contribution >= 0.6 is 0 Å². The number of likely N-dealkylation sites (tertiary alicyclic amines) is 1. The van der Waals surface area contributed by atoms with E-state index in [0.29, 0.717) is 13.0 Å². The van der Waals surface area contributed by atoms with Gasteiger partial charge >= 0.3 is 0 Å². The molecule has 0 bridgehead atoms. The van der Waals surface area contributed by atoms with Crippen LogP contribution in [0.15, 0.2) is 54.9 Å². The molecule has 134 valence electrons. The number of amides is 1. The Labute approximate surface area is 153 Å². The quantitative estimate of drug-likeness (QED) is 0.704. The normalized spacial score (nSPS) is 17.0. The minimum Gasteiger partial charge on any atom is -0.497 e. The topological polar surface area (TPSA) is 47.4 Å². The second-order valence-electron chi connectivity index (χ2n) is 6.69. The van der Waals surface area contributed by atoms with Gasteiger partial charge in [0.05, 0.1) is 30.5 Å². The molecule has 0 saturated carbocycles. The third-order valence-corrected chi connectivity index (χ3v) is 5.17. The lowest BCUT2D eigenvalue weighted by Crippen LogP contribution is -2.31. The molecule has 1 fully saturated rings. The minimum absolute atomic E-state index is 0.174. The highest BCUT2D eigenvalue weighted by Crippen LogP contribution is 2.33. The van der Waals surface area contributed by atoms with E-state index in [-0.39, 0.29) is 11.9 Å². The molecule has 0 radical (unpaired) electrons. The molecule has 0 spiro atoms. The van der Waals surface area contributed by atoms with Gasteiger partial charge in [0.15, 0.2) is 0 Å². The first-order chi connectivity index (χ1) is 12.8. The Morgan fingerprint density at radius 3 is 2.81 bits per heavy atom. The van der Waals surface area contributed by atoms with Gasteiger partial charge in [0.1, 0.15) is 5.75 Å². The Morgan fingerprint density at radius 1 is 1.19 bits per heavy atom. The number of hydrogen-bond acceptors (Lipinski definition) is 3. The van der Waals surface area contributed by atoms with Crippen molar-refractivity contribution in [2.45, 2.75) is 31.8 Å². The van der Waals surface area contributed by atoms with E-state index in [1.807, 2.05) is 47.6 Å². The summed E-state index contributed by atoms with van der Waals surface area (Å²) in [6.07, 6.45) is 4.39. The standard InChI is InChI=1S/C21H23N3O2/c1-26-17-10-8-16(9-11-17)19-7-4-13-24(19)21(25)12-14-23-15-22-18-5-2-3-6-20(18)23/h2-3,5-6,8-11,15,19H,4,7,12-14H2,1H3. The molecule has 26 heavy (non-hydrogen) atoms. The summed E-state index contributed by atoms with van der Waals surface area (Å²) in [5.41, 5.74) is 3.23. The molecule has 1 aliphatic rings. The van der Waals surface area contributed by atoms with Crippen molar-refractivity contribution in [2.24, 2.45) is 0 Å². The van der Waals surface area contributed by atoms with Crippen molar-refractivity contribution in [3.63, 3.8) is 0 Å². The molecule has 0 aliphatic carbocycles. The number of fused-ring (bicyclic) bond motifs is 1. The molecule has 1 amide bonds. The maximum absolute atomic E-state index is 12.9. The number of hydrogen-bond donors (Lipinski definition) is 0. The maximum Gasteiger partial charge on any atom is 0.224 e. The second-order valence-corrected chi connectivity index (χ2v) is 6.69. The van der Waals surface area contributed by atoms with Gasteiger partial charge in [-0.05, 0) is 42.7 Å². The first kappa shape index (κ1) is 16.6. The number of aromatic nitrogens is 2. The number of carbonyl (C=O) groups is 1. The van der Waals surface area contributed by atoms with Crippen LogP contribution in [0, 0.1) is 0 Å². The van der Waals surface area contributed by atoms with Crippen molar-refractivity contribution in [3.8, 4) is 5.75 Å². The summed E-state index contributed by atoms with van der Waals surface area (Å²) in [6.45, 7) is 1.49. The molecular weight excluding hydrogens is 326 g/mol. The van der Waals surface area contributed by atoms with Gasteiger partial charge in [0.25, 0.3) is 0 Å². The molecule has 2 heterocycles. The third-order valence-electron chi connectivity index (χ3n) is 5.17.